The summed E-state index contributed by atoms with van der Waals surface area (Å²) in [5.41, 5.74) is 0.890. The Labute approximate surface area is 313 Å². The van der Waals surface area contributed by atoms with Gasteiger partial charge in [0, 0.05) is 37.9 Å². The van der Waals surface area contributed by atoms with Gasteiger partial charge in [-0.3, -0.25) is 19.3 Å². The van der Waals surface area contributed by atoms with E-state index in [1.54, 1.807) is 4.68 Å². The lowest BCUT2D eigenvalue weighted by Crippen LogP contribution is -2.31. The number of carbonyl (C=O) groups excluding carboxylic acids is 3. The van der Waals surface area contributed by atoms with E-state index >= 15 is 0 Å². The van der Waals surface area contributed by atoms with Crippen molar-refractivity contribution < 1.29 is 61.8 Å². The van der Waals surface area contributed by atoms with Gasteiger partial charge in [-0.05, 0) is 19.8 Å². The van der Waals surface area contributed by atoms with Crippen LogP contribution in [0.3, 0.4) is 0 Å². The van der Waals surface area contributed by atoms with Gasteiger partial charge >= 0.3 is 0 Å². The SMILES string of the molecule is Cc1cn(CCOCCOCCOCCOCCOCCOCCOCCOCCOCCOCCNC(=O)CCCCCN2C(=O)C=CC2=O)nn1. The van der Waals surface area contributed by atoms with Crippen LogP contribution in [-0.2, 0) is 68.3 Å². The number of hydrogen-bond acceptors (Lipinski definition) is 15. The number of carbonyl (C=O) groups is 3. The van der Waals surface area contributed by atoms with Crippen molar-refractivity contribution in [3.05, 3.63) is 24.0 Å². The van der Waals surface area contributed by atoms with Crippen LogP contribution in [0, 0.1) is 6.92 Å². The Balaban J connectivity index is 1.14. The quantitative estimate of drug-likeness (QED) is 0.0715. The monoisotopic (exact) mass is 759 g/mol. The molecule has 1 aliphatic rings. The van der Waals surface area contributed by atoms with E-state index in [0.717, 1.165) is 12.1 Å². The number of unbranched alkanes of at least 4 members (excludes halogenated alkanes) is 2. The molecule has 2 heterocycles. The zero-order valence-electron chi connectivity index (χ0n) is 31.4. The molecule has 304 valence electrons. The predicted molar refractivity (Wildman–Crippen MR) is 190 cm³/mol. The highest BCUT2D eigenvalue weighted by Crippen LogP contribution is 2.07. The third-order valence-electron chi connectivity index (χ3n) is 7.22. The largest absolute Gasteiger partial charge is 0.377 e. The summed E-state index contributed by atoms with van der Waals surface area (Å²) in [6.45, 7) is 13.1. The molecule has 1 aromatic heterocycles. The number of aromatic nitrogens is 3. The first-order valence-corrected chi connectivity index (χ1v) is 18.5. The molecule has 0 unspecified atom stereocenters. The van der Waals surface area contributed by atoms with E-state index < -0.39 is 0 Å². The van der Waals surface area contributed by atoms with Crippen LogP contribution in [0.5, 0.6) is 0 Å². The molecule has 1 aromatic rings. The predicted octanol–water partition coefficient (Wildman–Crippen LogP) is 0.354. The minimum Gasteiger partial charge on any atom is -0.377 e. The Morgan fingerprint density at radius 3 is 1.34 bits per heavy atom. The molecule has 0 aliphatic carbocycles. The molecule has 2 rings (SSSR count). The van der Waals surface area contributed by atoms with Crippen molar-refractivity contribution in [3.8, 4) is 0 Å². The molecule has 18 heteroatoms. The molecule has 0 radical (unpaired) electrons. The zero-order chi connectivity index (χ0) is 37.9. The molecule has 0 atom stereocenters. The topological polar surface area (TPSA) is 189 Å². The summed E-state index contributed by atoms with van der Waals surface area (Å²) in [6, 6.07) is 0. The van der Waals surface area contributed by atoms with Crippen LogP contribution >= 0.6 is 0 Å². The van der Waals surface area contributed by atoms with Crippen LogP contribution in [0.15, 0.2) is 18.3 Å². The fourth-order valence-corrected chi connectivity index (χ4v) is 4.48. The van der Waals surface area contributed by atoms with Gasteiger partial charge < -0.3 is 52.7 Å². The molecule has 3 amide bonds. The highest BCUT2D eigenvalue weighted by atomic mass is 16.6. The van der Waals surface area contributed by atoms with Gasteiger partial charge in [0.25, 0.3) is 11.8 Å². The first kappa shape index (κ1) is 46.2. The highest BCUT2D eigenvalue weighted by molar-refractivity contribution is 6.12. The molecule has 53 heavy (non-hydrogen) atoms. The standard InChI is InChI=1S/C35H61N5O13/c1-32-31-39(38-37-32)10-12-45-14-16-47-18-20-49-22-24-51-26-28-53-30-29-52-27-25-50-23-21-48-19-17-46-15-13-44-11-8-36-33(41)5-3-2-4-9-40-34(42)6-7-35(40)43/h6-7,31H,2-5,8-30H2,1H3,(H,36,41). The van der Waals surface area contributed by atoms with Crippen molar-refractivity contribution in [2.75, 3.05) is 145 Å². The number of aryl methyl sites for hydroxylation is 1. The molecular weight excluding hydrogens is 698 g/mol. The van der Waals surface area contributed by atoms with Gasteiger partial charge in [0.2, 0.25) is 5.91 Å². The van der Waals surface area contributed by atoms with E-state index in [2.05, 4.69) is 15.6 Å². The molecule has 0 bridgehead atoms. The Morgan fingerprint density at radius 2 is 0.943 bits per heavy atom. The van der Waals surface area contributed by atoms with Crippen LogP contribution in [0.25, 0.3) is 0 Å². The van der Waals surface area contributed by atoms with Crippen LogP contribution in [0.2, 0.25) is 0 Å². The van der Waals surface area contributed by atoms with E-state index in [4.69, 9.17) is 47.4 Å². The van der Waals surface area contributed by atoms with Crippen LogP contribution in [0.4, 0.5) is 0 Å². The van der Waals surface area contributed by atoms with Crippen molar-refractivity contribution >= 4 is 17.7 Å². The fraction of sp³-hybridized carbons (Fsp3) is 0.800. The van der Waals surface area contributed by atoms with Gasteiger partial charge in [-0.15, -0.1) is 5.10 Å². The number of imide groups is 1. The average molecular weight is 760 g/mol. The lowest BCUT2D eigenvalue weighted by atomic mass is 10.2. The van der Waals surface area contributed by atoms with Gasteiger partial charge in [-0.2, -0.15) is 0 Å². The van der Waals surface area contributed by atoms with Crippen molar-refractivity contribution in [1.82, 2.24) is 25.2 Å². The second-order valence-corrected chi connectivity index (χ2v) is 11.6. The van der Waals surface area contributed by atoms with E-state index in [1.807, 2.05) is 13.1 Å². The molecule has 0 saturated carbocycles. The van der Waals surface area contributed by atoms with Gasteiger partial charge in [-0.1, -0.05) is 11.6 Å². The second kappa shape index (κ2) is 33.6. The normalized spacial score (nSPS) is 12.8. The van der Waals surface area contributed by atoms with E-state index in [1.165, 1.54) is 17.1 Å². The maximum absolute atomic E-state index is 11.9. The lowest BCUT2D eigenvalue weighted by molar-refractivity contribution is -0.137. The number of hydrogen-bond donors (Lipinski definition) is 1. The Bertz CT molecular complexity index is 1080. The maximum Gasteiger partial charge on any atom is 0.253 e. The first-order chi connectivity index (χ1) is 26.1. The van der Waals surface area contributed by atoms with Gasteiger partial charge in [-0.25, -0.2) is 4.68 Å². The minimum atomic E-state index is -0.271. The number of nitrogens with zero attached hydrogens (tertiary/aromatic N) is 4. The summed E-state index contributed by atoms with van der Waals surface area (Å²) in [7, 11) is 0. The molecule has 0 aromatic carbocycles. The minimum absolute atomic E-state index is 0.0426. The molecular formula is C35H61N5O13. The summed E-state index contributed by atoms with van der Waals surface area (Å²) in [6.07, 6.45) is 6.98. The molecule has 18 nitrogen and oxygen atoms in total. The summed E-state index contributed by atoms with van der Waals surface area (Å²) >= 11 is 0. The number of nitrogens with one attached hydrogen (secondary N) is 1. The van der Waals surface area contributed by atoms with E-state index in [-0.39, 0.29) is 17.7 Å². The highest BCUT2D eigenvalue weighted by Gasteiger charge is 2.22. The van der Waals surface area contributed by atoms with Crippen LogP contribution in [-0.4, -0.2) is 183 Å². The Kier molecular flexibility index (Phi) is 29.4. The third-order valence-corrected chi connectivity index (χ3v) is 7.22. The molecule has 0 fully saturated rings. The van der Waals surface area contributed by atoms with E-state index in [0.29, 0.717) is 171 Å². The third kappa shape index (κ3) is 27.3. The van der Waals surface area contributed by atoms with Crippen molar-refractivity contribution in [2.24, 2.45) is 0 Å². The van der Waals surface area contributed by atoms with Crippen molar-refractivity contribution in [1.29, 1.82) is 0 Å². The number of amides is 3. The summed E-state index contributed by atoms with van der Waals surface area (Å²) in [5, 5.41) is 10.7. The van der Waals surface area contributed by atoms with Gasteiger partial charge in [0.1, 0.15) is 0 Å². The van der Waals surface area contributed by atoms with Crippen LogP contribution < -0.4 is 5.32 Å². The van der Waals surface area contributed by atoms with Crippen molar-refractivity contribution in [3.63, 3.8) is 0 Å². The summed E-state index contributed by atoms with van der Waals surface area (Å²) in [5.74, 6) is -0.585. The van der Waals surface area contributed by atoms with Crippen LogP contribution in [0.1, 0.15) is 31.4 Å². The molecule has 0 saturated heterocycles. The first-order valence-electron chi connectivity index (χ1n) is 18.5. The average Bonchev–Trinajstić information content (AvgIpc) is 3.72. The summed E-state index contributed by atoms with van der Waals surface area (Å²) < 4.78 is 56.5. The maximum atomic E-state index is 11.9. The summed E-state index contributed by atoms with van der Waals surface area (Å²) in [4.78, 5) is 36.1. The Hall–Kier alpha value is -2.91. The second-order valence-electron chi connectivity index (χ2n) is 11.6. The van der Waals surface area contributed by atoms with E-state index in [9.17, 15) is 14.4 Å². The fourth-order valence-electron chi connectivity index (χ4n) is 4.48. The molecule has 1 N–H and O–H groups in total. The lowest BCUT2D eigenvalue weighted by Gasteiger charge is -2.13. The van der Waals surface area contributed by atoms with Crippen molar-refractivity contribution in [2.45, 2.75) is 39.2 Å². The molecule has 0 spiro atoms. The van der Waals surface area contributed by atoms with Gasteiger partial charge in [0.15, 0.2) is 0 Å². The smallest absolute Gasteiger partial charge is 0.253 e. The zero-order valence-corrected chi connectivity index (χ0v) is 31.4. The number of ether oxygens (including phenoxy) is 10. The molecule has 1 aliphatic heterocycles. The number of rotatable bonds is 39. The van der Waals surface area contributed by atoms with Gasteiger partial charge in [0.05, 0.1) is 144 Å². The Morgan fingerprint density at radius 1 is 0.547 bits per heavy atom.